The van der Waals surface area contributed by atoms with Crippen molar-refractivity contribution in [2.45, 2.75) is 6.54 Å². The molecule has 0 bridgehead atoms. The molecule has 1 aromatic carbocycles. The third kappa shape index (κ3) is 1.75. The van der Waals surface area contributed by atoms with Crippen molar-refractivity contribution in [3.63, 3.8) is 0 Å². The van der Waals surface area contributed by atoms with E-state index in [-0.39, 0.29) is 5.69 Å². The average Bonchev–Trinajstić information content (AvgIpc) is 2.93. The molecular formula is C13H11N3O2. The molecule has 0 atom stereocenters. The molecule has 5 nitrogen and oxygen atoms in total. The van der Waals surface area contributed by atoms with Crippen LogP contribution in [0.15, 0.2) is 42.6 Å². The molecular weight excluding hydrogens is 230 g/mol. The van der Waals surface area contributed by atoms with Crippen molar-refractivity contribution in [1.29, 1.82) is 0 Å². The first-order chi connectivity index (χ1) is 8.74. The summed E-state index contributed by atoms with van der Waals surface area (Å²) >= 11 is 0. The van der Waals surface area contributed by atoms with Crippen LogP contribution in [0.1, 0.15) is 16.1 Å². The SMILES string of the molecule is O=C(O)c1cc2cnn(Cc3ccccc3)c2[nH]1. The Labute approximate surface area is 103 Å². The second kappa shape index (κ2) is 4.03. The molecule has 0 fully saturated rings. The quantitative estimate of drug-likeness (QED) is 0.737. The maximum atomic E-state index is 10.9. The number of carbonyl (C=O) groups is 1. The number of hydrogen-bond donors (Lipinski definition) is 2. The Kier molecular flexibility index (Phi) is 2.37. The summed E-state index contributed by atoms with van der Waals surface area (Å²) in [6.45, 7) is 0.615. The van der Waals surface area contributed by atoms with E-state index >= 15 is 0 Å². The van der Waals surface area contributed by atoms with Gasteiger partial charge < -0.3 is 10.1 Å². The summed E-state index contributed by atoms with van der Waals surface area (Å²) in [5.41, 5.74) is 2.04. The predicted molar refractivity (Wildman–Crippen MR) is 66.6 cm³/mol. The number of hydrogen-bond acceptors (Lipinski definition) is 2. The number of carboxylic acids is 1. The van der Waals surface area contributed by atoms with Crippen LogP contribution in [-0.2, 0) is 6.54 Å². The molecule has 0 amide bonds. The molecule has 0 unspecified atom stereocenters. The fourth-order valence-electron chi connectivity index (χ4n) is 1.95. The van der Waals surface area contributed by atoms with Crippen molar-refractivity contribution in [3.05, 3.63) is 53.9 Å². The van der Waals surface area contributed by atoms with Crippen LogP contribution in [0.3, 0.4) is 0 Å². The maximum Gasteiger partial charge on any atom is 0.352 e. The number of rotatable bonds is 3. The third-order valence-corrected chi connectivity index (χ3v) is 2.83. The first-order valence-electron chi connectivity index (χ1n) is 5.56. The molecule has 2 heterocycles. The number of fused-ring (bicyclic) bond motifs is 1. The lowest BCUT2D eigenvalue weighted by Gasteiger charge is -2.02. The third-order valence-electron chi connectivity index (χ3n) is 2.83. The van der Waals surface area contributed by atoms with Crippen LogP contribution in [0.2, 0.25) is 0 Å². The average molecular weight is 241 g/mol. The molecule has 2 N–H and O–H groups in total. The molecule has 0 aliphatic carbocycles. The summed E-state index contributed by atoms with van der Waals surface area (Å²) < 4.78 is 1.76. The van der Waals surface area contributed by atoms with E-state index in [1.807, 2.05) is 30.3 Å². The lowest BCUT2D eigenvalue weighted by molar-refractivity contribution is 0.0691. The first-order valence-corrected chi connectivity index (χ1v) is 5.56. The molecule has 3 rings (SSSR count). The Morgan fingerprint density at radius 3 is 2.83 bits per heavy atom. The molecule has 0 aliphatic rings. The normalized spacial score (nSPS) is 10.9. The first kappa shape index (κ1) is 10.6. The highest BCUT2D eigenvalue weighted by molar-refractivity contribution is 5.92. The number of nitrogens with one attached hydrogen (secondary N) is 1. The van der Waals surface area contributed by atoms with Crippen LogP contribution in [0.25, 0.3) is 11.0 Å². The van der Waals surface area contributed by atoms with Crippen LogP contribution in [0.5, 0.6) is 0 Å². The Morgan fingerprint density at radius 2 is 2.11 bits per heavy atom. The fourth-order valence-corrected chi connectivity index (χ4v) is 1.95. The van der Waals surface area contributed by atoms with Crippen molar-refractivity contribution in [3.8, 4) is 0 Å². The monoisotopic (exact) mass is 241 g/mol. The van der Waals surface area contributed by atoms with Crippen LogP contribution in [-0.4, -0.2) is 25.8 Å². The number of carboxylic acid groups (broad SMARTS) is 1. The molecule has 0 saturated heterocycles. The van der Waals surface area contributed by atoms with Gasteiger partial charge in [-0.3, -0.25) is 0 Å². The van der Waals surface area contributed by atoms with Gasteiger partial charge in [-0.1, -0.05) is 30.3 Å². The van der Waals surface area contributed by atoms with Crippen molar-refractivity contribution in [1.82, 2.24) is 14.8 Å². The van der Waals surface area contributed by atoms with Gasteiger partial charge in [-0.2, -0.15) is 5.10 Å². The molecule has 0 spiro atoms. The van der Waals surface area contributed by atoms with E-state index in [1.165, 1.54) is 0 Å². The largest absolute Gasteiger partial charge is 0.477 e. The Morgan fingerprint density at radius 1 is 1.33 bits per heavy atom. The van der Waals surface area contributed by atoms with Gasteiger partial charge in [0.15, 0.2) is 0 Å². The molecule has 0 aliphatic heterocycles. The van der Waals surface area contributed by atoms with Gasteiger partial charge in [-0.05, 0) is 11.6 Å². The summed E-state index contributed by atoms with van der Waals surface area (Å²) in [5, 5.41) is 14.0. The smallest absolute Gasteiger partial charge is 0.352 e. The van der Waals surface area contributed by atoms with E-state index in [0.717, 1.165) is 16.6 Å². The van der Waals surface area contributed by atoms with Gasteiger partial charge in [0.25, 0.3) is 0 Å². The number of aromatic amines is 1. The van der Waals surface area contributed by atoms with Crippen molar-refractivity contribution < 1.29 is 9.90 Å². The number of nitrogens with zero attached hydrogens (tertiary/aromatic N) is 2. The number of benzene rings is 1. The second-order valence-corrected chi connectivity index (χ2v) is 4.08. The van der Waals surface area contributed by atoms with Gasteiger partial charge in [0, 0.05) is 5.39 Å². The lowest BCUT2D eigenvalue weighted by Crippen LogP contribution is -2.03. The topological polar surface area (TPSA) is 70.9 Å². The van der Waals surface area contributed by atoms with Crippen LogP contribution in [0, 0.1) is 0 Å². The van der Waals surface area contributed by atoms with Gasteiger partial charge in [-0.15, -0.1) is 0 Å². The summed E-state index contributed by atoms with van der Waals surface area (Å²) in [4.78, 5) is 13.7. The summed E-state index contributed by atoms with van der Waals surface area (Å²) in [6.07, 6.45) is 1.67. The highest BCUT2D eigenvalue weighted by atomic mass is 16.4. The summed E-state index contributed by atoms with van der Waals surface area (Å²) in [7, 11) is 0. The molecule has 18 heavy (non-hydrogen) atoms. The highest BCUT2D eigenvalue weighted by Gasteiger charge is 2.11. The zero-order chi connectivity index (χ0) is 12.5. The van der Waals surface area contributed by atoms with Crippen molar-refractivity contribution in [2.24, 2.45) is 0 Å². The summed E-state index contributed by atoms with van der Waals surface area (Å²) in [6, 6.07) is 11.5. The van der Waals surface area contributed by atoms with E-state index < -0.39 is 5.97 Å². The van der Waals surface area contributed by atoms with Crippen LogP contribution >= 0.6 is 0 Å². The van der Waals surface area contributed by atoms with E-state index in [2.05, 4.69) is 10.1 Å². The van der Waals surface area contributed by atoms with Crippen molar-refractivity contribution >= 4 is 17.0 Å². The minimum Gasteiger partial charge on any atom is -0.477 e. The van der Waals surface area contributed by atoms with E-state index in [9.17, 15) is 4.79 Å². The van der Waals surface area contributed by atoms with Crippen LogP contribution < -0.4 is 0 Å². The van der Waals surface area contributed by atoms with E-state index in [0.29, 0.717) is 6.54 Å². The van der Waals surface area contributed by atoms with Gasteiger partial charge in [0.05, 0.1) is 12.7 Å². The lowest BCUT2D eigenvalue weighted by atomic mass is 10.2. The maximum absolute atomic E-state index is 10.9. The number of H-pyrrole nitrogens is 1. The molecule has 90 valence electrons. The van der Waals surface area contributed by atoms with Crippen molar-refractivity contribution in [2.75, 3.05) is 0 Å². The van der Waals surface area contributed by atoms with E-state index in [4.69, 9.17) is 5.11 Å². The van der Waals surface area contributed by atoms with Gasteiger partial charge in [0.1, 0.15) is 11.3 Å². The van der Waals surface area contributed by atoms with E-state index in [1.54, 1.807) is 16.9 Å². The van der Waals surface area contributed by atoms with Crippen LogP contribution in [0.4, 0.5) is 0 Å². The Bertz CT molecular complexity index is 697. The second-order valence-electron chi connectivity index (χ2n) is 4.08. The fraction of sp³-hybridized carbons (Fsp3) is 0.0769. The molecule has 0 radical (unpaired) electrons. The van der Waals surface area contributed by atoms with Gasteiger partial charge in [0.2, 0.25) is 0 Å². The molecule has 2 aromatic heterocycles. The standard InChI is InChI=1S/C13H11N3O2/c17-13(18)11-6-10-7-14-16(12(10)15-11)8-9-4-2-1-3-5-9/h1-7,15H,8H2,(H,17,18). The minimum atomic E-state index is -0.961. The highest BCUT2D eigenvalue weighted by Crippen LogP contribution is 2.16. The zero-order valence-corrected chi connectivity index (χ0v) is 9.50. The zero-order valence-electron chi connectivity index (χ0n) is 9.50. The Balaban J connectivity index is 1.99. The molecule has 3 aromatic rings. The van der Waals surface area contributed by atoms with Gasteiger partial charge in [-0.25, -0.2) is 9.48 Å². The molecule has 5 heteroatoms. The Hall–Kier alpha value is -2.56. The predicted octanol–water partition coefficient (Wildman–Crippen LogP) is 2.11. The van der Waals surface area contributed by atoms with Gasteiger partial charge >= 0.3 is 5.97 Å². The molecule has 0 saturated carbocycles. The minimum absolute atomic E-state index is 0.184. The summed E-state index contributed by atoms with van der Waals surface area (Å²) in [5.74, 6) is -0.961. The number of aromatic carboxylic acids is 1. The number of aromatic nitrogens is 3.